The van der Waals surface area contributed by atoms with Crippen LogP contribution in [-0.4, -0.2) is 31.3 Å². The molecule has 0 aliphatic heterocycles. The van der Waals surface area contributed by atoms with Crippen LogP contribution in [0.25, 0.3) is 6.08 Å². The summed E-state index contributed by atoms with van der Waals surface area (Å²) in [6.07, 6.45) is -0.472. The van der Waals surface area contributed by atoms with Gasteiger partial charge in [0.25, 0.3) is 0 Å². The summed E-state index contributed by atoms with van der Waals surface area (Å²) in [6.45, 7) is 4.15. The number of rotatable bonds is 12. The first kappa shape index (κ1) is 26.0. The number of carbonyl (C=O) groups is 2. The van der Waals surface area contributed by atoms with Crippen LogP contribution in [0.4, 0.5) is 13.2 Å². The number of carbonyl (C=O) groups excluding carboxylic acids is 2. The van der Waals surface area contributed by atoms with E-state index in [1.807, 2.05) is 0 Å². The van der Waals surface area contributed by atoms with E-state index in [4.69, 9.17) is 14.2 Å². The summed E-state index contributed by atoms with van der Waals surface area (Å²) in [7, 11) is 0. The van der Waals surface area contributed by atoms with E-state index in [0.29, 0.717) is 42.9 Å². The minimum absolute atomic E-state index is 0.0817. The third kappa shape index (κ3) is 10.7. The Labute approximate surface area is 191 Å². The van der Waals surface area contributed by atoms with Crippen LogP contribution in [0.3, 0.4) is 0 Å². The minimum Gasteiger partial charge on any atom is -0.494 e. The van der Waals surface area contributed by atoms with E-state index >= 15 is 0 Å². The molecule has 0 aromatic heterocycles. The van der Waals surface area contributed by atoms with Gasteiger partial charge in [-0.05, 0) is 80.6 Å². The summed E-state index contributed by atoms with van der Waals surface area (Å²) >= 11 is 0. The molecule has 0 unspecified atom stereocenters. The van der Waals surface area contributed by atoms with Gasteiger partial charge in [-0.2, -0.15) is 13.2 Å². The van der Waals surface area contributed by atoms with Gasteiger partial charge in [0.2, 0.25) is 0 Å². The van der Waals surface area contributed by atoms with Crippen molar-refractivity contribution < 1.29 is 37.0 Å². The van der Waals surface area contributed by atoms with Gasteiger partial charge >= 0.3 is 18.1 Å². The molecule has 0 aliphatic rings. The van der Waals surface area contributed by atoms with Crippen LogP contribution < -0.4 is 9.47 Å². The summed E-state index contributed by atoms with van der Waals surface area (Å²) in [5.74, 6) is -0.139. The first-order valence-electron chi connectivity index (χ1n) is 10.5. The largest absolute Gasteiger partial charge is 0.494 e. The topological polar surface area (TPSA) is 61.8 Å². The monoisotopic (exact) mass is 463 g/mol. The number of hydrogen-bond acceptors (Lipinski definition) is 5. The second-order valence-electron chi connectivity index (χ2n) is 7.11. The highest BCUT2D eigenvalue weighted by Gasteiger charge is 2.25. The average Bonchev–Trinajstić information content (AvgIpc) is 2.79. The highest BCUT2D eigenvalue weighted by atomic mass is 19.4. The van der Waals surface area contributed by atoms with Crippen molar-refractivity contribution in [1.29, 1.82) is 0 Å². The zero-order valence-electron chi connectivity index (χ0n) is 18.1. The molecular weight excluding hydrogens is 437 g/mol. The molecule has 0 fully saturated rings. The lowest BCUT2D eigenvalue weighted by Gasteiger charge is -2.08. The summed E-state index contributed by atoms with van der Waals surface area (Å²) in [4.78, 5) is 23.8. The lowest BCUT2D eigenvalue weighted by molar-refractivity contribution is -0.137. The standard InChI is InChI=1S/C25H26F3O5/c1-2-17-32-23(29)15-8-19-6-11-22(12-7-19)33-24(30)20-9-13-21(14-10-20)31-18-5-3-4-16-25(26,27)28/h6-15H,1-5,16-18H2/b15-8+. The number of alkyl halides is 3. The fraction of sp³-hybridized carbons (Fsp3) is 0.320. The molecule has 0 amide bonds. The van der Waals surface area contributed by atoms with Gasteiger partial charge in [0, 0.05) is 12.5 Å². The van der Waals surface area contributed by atoms with Crippen LogP contribution in [-0.2, 0) is 9.53 Å². The molecule has 0 spiro atoms. The first-order valence-corrected chi connectivity index (χ1v) is 10.5. The third-order valence-electron chi connectivity index (χ3n) is 4.35. The molecule has 2 rings (SSSR count). The number of hydrogen-bond donors (Lipinski definition) is 0. The quantitative estimate of drug-likeness (QED) is 0.163. The van der Waals surface area contributed by atoms with Crippen molar-refractivity contribution in [2.45, 2.75) is 38.3 Å². The zero-order chi connectivity index (χ0) is 24.1. The fourth-order valence-electron chi connectivity index (χ4n) is 2.68. The number of ether oxygens (including phenoxy) is 3. The number of halogens is 3. The Balaban J connectivity index is 1.76. The number of benzene rings is 2. The van der Waals surface area contributed by atoms with Crippen molar-refractivity contribution in [3.8, 4) is 11.5 Å². The summed E-state index contributed by atoms with van der Waals surface area (Å²) in [5, 5.41) is 0. The molecule has 1 radical (unpaired) electrons. The van der Waals surface area contributed by atoms with E-state index in [-0.39, 0.29) is 13.0 Å². The molecule has 0 N–H and O–H groups in total. The summed E-state index contributed by atoms with van der Waals surface area (Å²) < 4.78 is 52.0. The van der Waals surface area contributed by atoms with Crippen molar-refractivity contribution >= 4 is 18.0 Å². The molecule has 0 heterocycles. The molecule has 177 valence electrons. The molecule has 0 saturated carbocycles. The van der Waals surface area contributed by atoms with Crippen LogP contribution >= 0.6 is 0 Å². The van der Waals surface area contributed by atoms with Gasteiger partial charge in [0.1, 0.15) is 11.5 Å². The SMILES string of the molecule is [CH2]CCOC(=O)/C=C/c1ccc(OC(=O)c2ccc(OCCCCCC(F)(F)F)cc2)cc1. The Morgan fingerprint density at radius 3 is 2.18 bits per heavy atom. The molecule has 0 atom stereocenters. The van der Waals surface area contributed by atoms with Crippen molar-refractivity contribution in [3.05, 3.63) is 72.7 Å². The Morgan fingerprint density at radius 1 is 0.879 bits per heavy atom. The van der Waals surface area contributed by atoms with Crippen molar-refractivity contribution in [2.75, 3.05) is 13.2 Å². The summed E-state index contributed by atoms with van der Waals surface area (Å²) in [6, 6.07) is 12.9. The number of esters is 2. The molecule has 5 nitrogen and oxygen atoms in total. The molecule has 0 saturated heterocycles. The van der Waals surface area contributed by atoms with Crippen LogP contribution in [0.15, 0.2) is 54.6 Å². The van der Waals surface area contributed by atoms with Crippen LogP contribution in [0.2, 0.25) is 0 Å². The van der Waals surface area contributed by atoms with Crippen molar-refractivity contribution in [1.82, 2.24) is 0 Å². The lowest BCUT2D eigenvalue weighted by atomic mass is 10.2. The van der Waals surface area contributed by atoms with E-state index in [1.165, 1.54) is 6.08 Å². The molecule has 2 aromatic carbocycles. The smallest absolute Gasteiger partial charge is 0.389 e. The Kier molecular flexibility index (Phi) is 10.5. The van der Waals surface area contributed by atoms with Gasteiger partial charge in [-0.25, -0.2) is 9.59 Å². The van der Waals surface area contributed by atoms with Gasteiger partial charge in [-0.15, -0.1) is 0 Å². The second kappa shape index (κ2) is 13.3. The molecular formula is C25H26F3O5. The van der Waals surface area contributed by atoms with E-state index in [2.05, 4.69) is 6.92 Å². The predicted octanol–water partition coefficient (Wildman–Crippen LogP) is 6.19. The maximum absolute atomic E-state index is 12.3. The van der Waals surface area contributed by atoms with Crippen LogP contribution in [0.5, 0.6) is 11.5 Å². The summed E-state index contributed by atoms with van der Waals surface area (Å²) in [5.41, 5.74) is 1.06. The van der Waals surface area contributed by atoms with Gasteiger partial charge in [-0.3, -0.25) is 0 Å². The van der Waals surface area contributed by atoms with Crippen molar-refractivity contribution in [3.63, 3.8) is 0 Å². The van der Waals surface area contributed by atoms with E-state index in [9.17, 15) is 22.8 Å². The Bertz CT molecular complexity index is 903. The first-order chi connectivity index (χ1) is 15.8. The third-order valence-corrected chi connectivity index (χ3v) is 4.35. The van der Waals surface area contributed by atoms with E-state index in [1.54, 1.807) is 54.6 Å². The maximum atomic E-state index is 12.3. The van der Waals surface area contributed by atoms with Gasteiger partial charge in [-0.1, -0.05) is 12.1 Å². The second-order valence-corrected chi connectivity index (χ2v) is 7.11. The lowest BCUT2D eigenvalue weighted by Crippen LogP contribution is -2.08. The van der Waals surface area contributed by atoms with Crippen LogP contribution in [0.1, 0.15) is 48.0 Å². The Morgan fingerprint density at radius 2 is 1.55 bits per heavy atom. The highest BCUT2D eigenvalue weighted by molar-refractivity contribution is 5.91. The molecule has 0 aliphatic carbocycles. The van der Waals surface area contributed by atoms with Gasteiger partial charge in [0.15, 0.2) is 0 Å². The predicted molar refractivity (Wildman–Crippen MR) is 118 cm³/mol. The van der Waals surface area contributed by atoms with Gasteiger partial charge in [0.05, 0.1) is 18.8 Å². The molecule has 8 heteroatoms. The minimum atomic E-state index is -4.12. The van der Waals surface area contributed by atoms with Crippen LogP contribution in [0, 0.1) is 6.92 Å². The molecule has 0 bridgehead atoms. The zero-order valence-corrected chi connectivity index (χ0v) is 18.1. The average molecular weight is 463 g/mol. The normalized spacial score (nSPS) is 11.4. The number of unbranched alkanes of at least 4 members (excludes halogenated alkanes) is 2. The van der Waals surface area contributed by atoms with Crippen molar-refractivity contribution in [2.24, 2.45) is 0 Å². The van der Waals surface area contributed by atoms with E-state index < -0.39 is 24.5 Å². The maximum Gasteiger partial charge on any atom is 0.389 e. The van der Waals surface area contributed by atoms with E-state index in [0.717, 1.165) is 5.56 Å². The highest BCUT2D eigenvalue weighted by Crippen LogP contribution is 2.23. The Hall–Kier alpha value is -3.29. The fourth-order valence-corrected chi connectivity index (χ4v) is 2.68. The van der Waals surface area contributed by atoms with Gasteiger partial charge < -0.3 is 14.2 Å². The molecule has 33 heavy (non-hydrogen) atoms. The molecule has 2 aromatic rings.